The second-order valence-corrected chi connectivity index (χ2v) is 12.3. The van der Waals surface area contributed by atoms with Crippen molar-refractivity contribution in [3.05, 3.63) is 0 Å². The first-order chi connectivity index (χ1) is 13.6. The summed E-state index contributed by atoms with van der Waals surface area (Å²) in [4.78, 5) is 14.0. The Bertz CT molecular complexity index is 421. The number of hydrogen-bond acceptors (Lipinski definition) is 2. The summed E-state index contributed by atoms with van der Waals surface area (Å²) in [6.45, 7) is 32.7. The lowest BCUT2D eigenvalue weighted by Crippen LogP contribution is -2.62. The van der Waals surface area contributed by atoms with Crippen LogP contribution < -0.4 is 0 Å². The molecule has 0 aromatic heterocycles. The molecule has 0 spiro atoms. The molecule has 0 atom stereocenters. The highest BCUT2D eigenvalue weighted by atomic mass is 17.2. The lowest BCUT2D eigenvalue weighted by molar-refractivity contribution is -0.482. The zero-order valence-corrected chi connectivity index (χ0v) is 23.5. The maximum Gasteiger partial charge on any atom is 0.114 e. The molecule has 0 aromatic rings. The maximum atomic E-state index is 6.98. The molecule has 0 amide bonds. The van der Waals surface area contributed by atoms with Gasteiger partial charge in [-0.05, 0) is 60.2 Å². The van der Waals surface area contributed by atoms with Gasteiger partial charge in [0.2, 0.25) is 0 Å². The van der Waals surface area contributed by atoms with Crippen molar-refractivity contribution in [3.8, 4) is 0 Å². The van der Waals surface area contributed by atoms with Crippen molar-refractivity contribution in [1.29, 1.82) is 0 Å². The van der Waals surface area contributed by atoms with Gasteiger partial charge in [0, 0.05) is 0 Å². The zero-order valence-electron chi connectivity index (χ0n) is 23.5. The molecule has 0 radical (unpaired) electrons. The Hall–Kier alpha value is -0.0800. The van der Waals surface area contributed by atoms with E-state index in [-0.39, 0.29) is 32.9 Å². The quantitative estimate of drug-likeness (QED) is 0.191. The molecule has 0 saturated carbocycles. The SMILES string of the molecule is CCCC(OOC(CCC)(C(C)(C)CC)C(C)(C)CC)(C(C)(C)CC)C(C)(C)CC. The lowest BCUT2D eigenvalue weighted by Gasteiger charge is -2.59. The molecule has 0 aliphatic rings. The molecule has 0 aromatic carbocycles. The summed E-state index contributed by atoms with van der Waals surface area (Å²) in [5.41, 5.74) is -0.656. The van der Waals surface area contributed by atoms with Gasteiger partial charge >= 0.3 is 0 Å². The summed E-state index contributed by atoms with van der Waals surface area (Å²) < 4.78 is 0. The van der Waals surface area contributed by atoms with Crippen LogP contribution in [-0.2, 0) is 9.78 Å². The molecule has 2 heteroatoms. The van der Waals surface area contributed by atoms with Gasteiger partial charge in [-0.25, -0.2) is 9.78 Å². The van der Waals surface area contributed by atoms with E-state index in [4.69, 9.17) is 9.78 Å². The van der Waals surface area contributed by atoms with Gasteiger partial charge in [-0.2, -0.15) is 0 Å². The van der Waals surface area contributed by atoms with Crippen LogP contribution in [0.2, 0.25) is 0 Å². The molecule has 0 N–H and O–H groups in total. The minimum absolute atomic E-state index is 0.00713. The monoisotopic (exact) mass is 426 g/mol. The van der Waals surface area contributed by atoms with Gasteiger partial charge < -0.3 is 0 Å². The van der Waals surface area contributed by atoms with Gasteiger partial charge in [0.1, 0.15) is 11.2 Å². The number of rotatable bonds is 15. The summed E-state index contributed by atoms with van der Waals surface area (Å²) in [6, 6.07) is 0. The molecule has 0 rings (SSSR count). The molecule has 0 heterocycles. The Labute approximate surface area is 191 Å². The van der Waals surface area contributed by atoms with Crippen LogP contribution in [0, 0.1) is 21.7 Å². The van der Waals surface area contributed by atoms with Gasteiger partial charge in [-0.15, -0.1) is 0 Å². The van der Waals surface area contributed by atoms with E-state index in [2.05, 4.69) is 96.9 Å². The normalized spacial score (nSPS) is 15.0. The van der Waals surface area contributed by atoms with Crippen molar-refractivity contribution in [2.45, 2.75) is 160 Å². The standard InChI is InChI=1S/C28H58O2/c1-15-21-27(23(7,8)17-3,24(9,10)18-4)29-30-28(22-16-2,25(11,12)19-5)26(13,14)20-6/h15-22H2,1-14H3. The van der Waals surface area contributed by atoms with Crippen LogP contribution in [0.15, 0.2) is 0 Å². The third kappa shape index (κ3) is 5.11. The first-order valence-corrected chi connectivity index (χ1v) is 12.9. The van der Waals surface area contributed by atoms with Crippen LogP contribution in [0.25, 0.3) is 0 Å². The van der Waals surface area contributed by atoms with Crippen molar-refractivity contribution in [2.75, 3.05) is 0 Å². The van der Waals surface area contributed by atoms with E-state index in [1.165, 1.54) is 0 Å². The van der Waals surface area contributed by atoms with Gasteiger partial charge in [0.05, 0.1) is 0 Å². The van der Waals surface area contributed by atoms with E-state index < -0.39 is 0 Å². The predicted molar refractivity (Wildman–Crippen MR) is 134 cm³/mol. The van der Waals surface area contributed by atoms with Crippen molar-refractivity contribution in [2.24, 2.45) is 21.7 Å². The third-order valence-corrected chi connectivity index (χ3v) is 9.44. The fraction of sp³-hybridized carbons (Fsp3) is 1.00. The maximum absolute atomic E-state index is 6.98. The van der Waals surface area contributed by atoms with E-state index in [1.54, 1.807) is 0 Å². The predicted octanol–water partition coefficient (Wildman–Crippen LogP) is 9.76. The molecular weight excluding hydrogens is 368 g/mol. The Morgan fingerprint density at radius 2 is 0.600 bits per heavy atom. The molecule has 0 aliphatic heterocycles. The summed E-state index contributed by atoms with van der Waals surface area (Å²) in [5, 5.41) is 0. The first kappa shape index (κ1) is 29.9. The highest BCUT2D eigenvalue weighted by Crippen LogP contribution is 2.58. The van der Waals surface area contributed by atoms with Crippen molar-refractivity contribution < 1.29 is 9.78 Å². The summed E-state index contributed by atoms with van der Waals surface area (Å²) >= 11 is 0. The molecular formula is C28H58O2. The third-order valence-electron chi connectivity index (χ3n) is 9.44. The van der Waals surface area contributed by atoms with E-state index in [9.17, 15) is 0 Å². The largest absolute Gasteiger partial charge is 0.228 e. The molecule has 0 unspecified atom stereocenters. The summed E-state index contributed by atoms with van der Waals surface area (Å²) in [7, 11) is 0. The Balaban J connectivity index is 6.75. The molecule has 182 valence electrons. The average Bonchev–Trinajstić information content (AvgIpc) is 2.69. The lowest BCUT2D eigenvalue weighted by atomic mass is 9.56. The van der Waals surface area contributed by atoms with Crippen LogP contribution in [0.1, 0.15) is 148 Å². The van der Waals surface area contributed by atoms with Crippen LogP contribution in [0.3, 0.4) is 0 Å². The van der Waals surface area contributed by atoms with Crippen molar-refractivity contribution in [3.63, 3.8) is 0 Å². The van der Waals surface area contributed by atoms with Crippen molar-refractivity contribution in [1.82, 2.24) is 0 Å². The van der Waals surface area contributed by atoms with Crippen LogP contribution in [-0.4, -0.2) is 11.2 Å². The molecule has 0 aliphatic carbocycles. The Morgan fingerprint density at radius 3 is 0.733 bits per heavy atom. The molecule has 0 bridgehead atoms. The van der Waals surface area contributed by atoms with Gasteiger partial charge in [0.15, 0.2) is 0 Å². The Kier molecular flexibility index (Phi) is 10.7. The zero-order chi connectivity index (χ0) is 24.1. The second-order valence-electron chi connectivity index (χ2n) is 12.3. The fourth-order valence-electron chi connectivity index (χ4n) is 5.71. The van der Waals surface area contributed by atoms with Gasteiger partial charge in [0.25, 0.3) is 0 Å². The van der Waals surface area contributed by atoms with E-state index in [0.717, 1.165) is 51.4 Å². The molecule has 30 heavy (non-hydrogen) atoms. The molecule has 2 nitrogen and oxygen atoms in total. The van der Waals surface area contributed by atoms with Gasteiger partial charge in [-0.3, -0.25) is 0 Å². The topological polar surface area (TPSA) is 18.5 Å². The van der Waals surface area contributed by atoms with E-state index in [0.29, 0.717) is 0 Å². The summed E-state index contributed by atoms with van der Waals surface area (Å²) in [5.74, 6) is 0. The Morgan fingerprint density at radius 1 is 0.400 bits per heavy atom. The highest BCUT2D eigenvalue weighted by Gasteiger charge is 2.60. The molecule has 0 saturated heterocycles. The van der Waals surface area contributed by atoms with Crippen molar-refractivity contribution >= 4 is 0 Å². The highest BCUT2D eigenvalue weighted by molar-refractivity contribution is 5.06. The smallest absolute Gasteiger partial charge is 0.114 e. The van der Waals surface area contributed by atoms with E-state index >= 15 is 0 Å². The van der Waals surface area contributed by atoms with Crippen LogP contribution in [0.4, 0.5) is 0 Å². The van der Waals surface area contributed by atoms with E-state index in [1.807, 2.05) is 0 Å². The first-order valence-electron chi connectivity index (χ1n) is 12.9. The minimum Gasteiger partial charge on any atom is -0.228 e. The average molecular weight is 427 g/mol. The second kappa shape index (κ2) is 10.7. The minimum atomic E-state index is -0.342. The number of hydrogen-bond donors (Lipinski definition) is 0. The van der Waals surface area contributed by atoms with Crippen LogP contribution in [0.5, 0.6) is 0 Å². The van der Waals surface area contributed by atoms with Gasteiger partial charge in [-0.1, -0.05) is 110 Å². The molecule has 0 fully saturated rings. The van der Waals surface area contributed by atoms with Crippen LogP contribution >= 0.6 is 0 Å². The fourth-order valence-corrected chi connectivity index (χ4v) is 5.71. The summed E-state index contributed by atoms with van der Waals surface area (Å²) in [6.07, 6.45) is 8.45.